The van der Waals surface area contributed by atoms with E-state index in [0.717, 1.165) is 34.9 Å². The molecule has 0 aliphatic carbocycles. The van der Waals surface area contributed by atoms with Crippen molar-refractivity contribution in [2.45, 2.75) is 39.8 Å². The molecular formula is C27H32F3N3O4. The predicted octanol–water partition coefficient (Wildman–Crippen LogP) is 5.17. The first-order valence-corrected chi connectivity index (χ1v) is 11.3. The van der Waals surface area contributed by atoms with Crippen molar-refractivity contribution < 1.29 is 32.2 Å². The molecule has 0 aliphatic rings. The highest BCUT2D eigenvalue weighted by atomic mass is 19.4. The molecule has 200 valence electrons. The summed E-state index contributed by atoms with van der Waals surface area (Å²) in [5.41, 5.74) is 3.08. The van der Waals surface area contributed by atoms with Crippen LogP contribution in [-0.4, -0.2) is 43.7 Å². The van der Waals surface area contributed by atoms with Crippen LogP contribution < -0.4 is 14.8 Å². The van der Waals surface area contributed by atoms with Gasteiger partial charge in [0.15, 0.2) is 0 Å². The van der Waals surface area contributed by atoms with Crippen molar-refractivity contribution in [2.24, 2.45) is 0 Å². The number of alkyl halides is 3. The number of carbonyl (C=O) groups excluding carboxylic acids is 2. The number of hydrogen-bond acceptors (Lipinski definition) is 6. The van der Waals surface area contributed by atoms with Gasteiger partial charge in [0.25, 0.3) is 5.91 Å². The van der Waals surface area contributed by atoms with E-state index in [1.165, 1.54) is 6.07 Å². The first kappa shape index (κ1) is 31.1. The number of nitrogens with zero attached hydrogens (tertiary/aromatic N) is 2. The molecule has 0 aliphatic heterocycles. The molecule has 0 radical (unpaired) electrons. The van der Waals surface area contributed by atoms with Crippen LogP contribution in [0.1, 0.15) is 45.4 Å². The number of aryl methyl sites for hydroxylation is 3. The van der Waals surface area contributed by atoms with Gasteiger partial charge in [0.05, 0.1) is 36.7 Å². The molecular weight excluding hydrogens is 487 g/mol. The molecule has 10 heteroatoms. The quantitative estimate of drug-likeness (QED) is 0.464. The second kappa shape index (κ2) is 15.2. The van der Waals surface area contributed by atoms with Gasteiger partial charge < -0.3 is 19.6 Å². The molecule has 0 atom stereocenters. The van der Waals surface area contributed by atoms with Crippen LogP contribution in [0.15, 0.2) is 48.5 Å². The second-order valence-corrected chi connectivity index (χ2v) is 7.75. The Morgan fingerprint density at radius 2 is 1.70 bits per heavy atom. The number of aromatic nitrogens is 2. The molecule has 0 saturated heterocycles. The second-order valence-electron chi connectivity index (χ2n) is 7.75. The van der Waals surface area contributed by atoms with E-state index in [1.807, 2.05) is 38.8 Å². The predicted molar refractivity (Wildman–Crippen MR) is 135 cm³/mol. The summed E-state index contributed by atoms with van der Waals surface area (Å²) in [6.07, 6.45) is -2.88. The van der Waals surface area contributed by atoms with Crippen LogP contribution in [-0.2, 0) is 23.8 Å². The summed E-state index contributed by atoms with van der Waals surface area (Å²) in [5.74, 6) is 1.36. The lowest BCUT2D eigenvalue weighted by atomic mass is 10.1. The zero-order valence-corrected chi connectivity index (χ0v) is 21.6. The smallest absolute Gasteiger partial charge is 0.416 e. The lowest BCUT2D eigenvalue weighted by Gasteiger charge is -2.12. The zero-order chi connectivity index (χ0) is 28.0. The number of carbonyl (C=O) groups is 2. The van der Waals surface area contributed by atoms with Gasteiger partial charge in [-0.2, -0.15) is 23.4 Å². The van der Waals surface area contributed by atoms with E-state index in [-0.39, 0.29) is 5.91 Å². The first-order valence-electron chi connectivity index (χ1n) is 11.3. The topological polar surface area (TPSA) is 90.4 Å². The molecule has 3 aromatic rings. The summed E-state index contributed by atoms with van der Waals surface area (Å²) in [6.45, 7) is 7.92. The maximum atomic E-state index is 12.4. The van der Waals surface area contributed by atoms with Crippen molar-refractivity contribution in [3.05, 3.63) is 82.2 Å². The summed E-state index contributed by atoms with van der Waals surface area (Å²) in [5, 5.41) is 11.0. The average molecular weight is 520 g/mol. The highest BCUT2D eigenvalue weighted by molar-refractivity contribution is 5.95. The Kier molecular flexibility index (Phi) is 12.8. The molecule has 7 nitrogen and oxygen atoms in total. The molecule has 0 fully saturated rings. The van der Waals surface area contributed by atoms with Gasteiger partial charge in [-0.3, -0.25) is 4.79 Å². The fourth-order valence-corrected chi connectivity index (χ4v) is 3.26. The van der Waals surface area contributed by atoms with Crippen molar-refractivity contribution >= 4 is 12.7 Å². The molecule has 37 heavy (non-hydrogen) atoms. The third kappa shape index (κ3) is 9.91. The largest absolute Gasteiger partial charge is 0.497 e. The van der Waals surface area contributed by atoms with Crippen LogP contribution in [0.5, 0.6) is 11.5 Å². The fourth-order valence-electron chi connectivity index (χ4n) is 3.26. The zero-order valence-electron chi connectivity index (χ0n) is 21.6. The Hall–Kier alpha value is -3.95. The number of amides is 1. The fraction of sp³-hybridized carbons (Fsp3) is 0.333. The summed E-state index contributed by atoms with van der Waals surface area (Å²) < 4.78 is 46.5. The molecule has 1 amide bonds. The molecule has 0 bridgehead atoms. The lowest BCUT2D eigenvalue weighted by molar-refractivity contribution is -0.137. The highest BCUT2D eigenvalue weighted by Gasteiger charge is 2.29. The minimum Gasteiger partial charge on any atom is -0.497 e. The van der Waals surface area contributed by atoms with E-state index < -0.39 is 11.7 Å². The molecule has 0 unspecified atom stereocenters. The van der Waals surface area contributed by atoms with Crippen LogP contribution >= 0.6 is 0 Å². The summed E-state index contributed by atoms with van der Waals surface area (Å²) in [6, 6.07) is 12.7. The summed E-state index contributed by atoms with van der Waals surface area (Å²) in [4.78, 5) is 20.4. The molecule has 0 saturated carbocycles. The van der Waals surface area contributed by atoms with Crippen molar-refractivity contribution in [3.8, 4) is 11.5 Å². The third-order valence-electron chi connectivity index (χ3n) is 5.09. The third-order valence-corrected chi connectivity index (χ3v) is 5.09. The van der Waals surface area contributed by atoms with Crippen LogP contribution in [0, 0.1) is 13.8 Å². The SMILES string of the molecule is C=O.CCc1nnc(C)cc1C(=O)NCCc1ccc(OC)cc1OC.Cc1cccc(C(F)(F)F)c1. The van der Waals surface area contributed by atoms with Crippen LogP contribution in [0.25, 0.3) is 0 Å². The molecule has 3 rings (SSSR count). The van der Waals surface area contributed by atoms with Crippen molar-refractivity contribution in [2.75, 3.05) is 20.8 Å². The van der Waals surface area contributed by atoms with Gasteiger partial charge in [-0.1, -0.05) is 36.8 Å². The van der Waals surface area contributed by atoms with Gasteiger partial charge in [0.1, 0.15) is 18.3 Å². The van der Waals surface area contributed by atoms with Gasteiger partial charge in [0, 0.05) is 12.6 Å². The molecule has 0 spiro atoms. The number of rotatable bonds is 7. The Morgan fingerprint density at radius 3 is 2.24 bits per heavy atom. The standard InChI is InChI=1S/C18H23N3O3.C8H7F3.CH2O/c1-5-16-15(10-12(2)20-21-16)18(22)19-9-8-13-6-7-14(23-3)11-17(13)24-4;1-6-3-2-4-7(5-6)8(9,10)11;1-2/h6-7,10-11H,5,8-9H2,1-4H3,(H,19,22);2-5H,1H3;1H2. The Morgan fingerprint density at radius 1 is 1.00 bits per heavy atom. The Balaban J connectivity index is 0.000000439. The van der Waals surface area contributed by atoms with E-state index in [1.54, 1.807) is 33.3 Å². The van der Waals surface area contributed by atoms with Crippen LogP contribution in [0.4, 0.5) is 13.2 Å². The summed E-state index contributed by atoms with van der Waals surface area (Å²) in [7, 11) is 3.24. The van der Waals surface area contributed by atoms with Gasteiger partial charge in [0.2, 0.25) is 0 Å². The number of hydrogen-bond donors (Lipinski definition) is 1. The molecule has 2 aromatic carbocycles. The van der Waals surface area contributed by atoms with Gasteiger partial charge in [-0.15, -0.1) is 0 Å². The number of nitrogens with one attached hydrogen (secondary N) is 1. The number of ether oxygens (including phenoxy) is 2. The number of benzene rings is 2. The Labute approximate surface area is 215 Å². The lowest BCUT2D eigenvalue weighted by Crippen LogP contribution is -2.27. The highest BCUT2D eigenvalue weighted by Crippen LogP contribution is 2.29. The maximum absolute atomic E-state index is 12.4. The number of halogens is 3. The van der Waals surface area contributed by atoms with Gasteiger partial charge in [-0.05, 0) is 50.5 Å². The minimum atomic E-state index is -4.22. The van der Waals surface area contributed by atoms with Crippen molar-refractivity contribution in [1.29, 1.82) is 0 Å². The van der Waals surface area contributed by atoms with Crippen LogP contribution in [0.2, 0.25) is 0 Å². The normalized spacial score (nSPS) is 10.3. The first-order chi connectivity index (χ1) is 17.6. The Bertz CT molecular complexity index is 1150. The molecule has 1 aromatic heterocycles. The molecule has 1 heterocycles. The van der Waals surface area contributed by atoms with E-state index in [0.29, 0.717) is 36.2 Å². The monoisotopic (exact) mass is 519 g/mol. The van der Waals surface area contributed by atoms with E-state index >= 15 is 0 Å². The van der Waals surface area contributed by atoms with E-state index in [4.69, 9.17) is 14.3 Å². The molecule has 1 N–H and O–H groups in total. The number of methoxy groups -OCH3 is 2. The van der Waals surface area contributed by atoms with E-state index in [2.05, 4.69) is 15.5 Å². The maximum Gasteiger partial charge on any atom is 0.416 e. The van der Waals surface area contributed by atoms with Gasteiger partial charge >= 0.3 is 6.18 Å². The van der Waals surface area contributed by atoms with Gasteiger partial charge in [-0.25, -0.2) is 0 Å². The summed E-state index contributed by atoms with van der Waals surface area (Å²) >= 11 is 0. The minimum absolute atomic E-state index is 0.127. The van der Waals surface area contributed by atoms with Crippen LogP contribution in [0.3, 0.4) is 0 Å². The van der Waals surface area contributed by atoms with Crippen molar-refractivity contribution in [1.82, 2.24) is 15.5 Å². The van der Waals surface area contributed by atoms with E-state index in [9.17, 15) is 18.0 Å². The van der Waals surface area contributed by atoms with Crippen molar-refractivity contribution in [3.63, 3.8) is 0 Å². The average Bonchev–Trinajstić information content (AvgIpc) is 2.89.